The van der Waals surface area contributed by atoms with Crippen LogP contribution in [0.3, 0.4) is 0 Å². The molecule has 4 heteroatoms. The predicted octanol–water partition coefficient (Wildman–Crippen LogP) is 1.33. The normalized spacial score (nSPS) is 9.60. The highest BCUT2D eigenvalue weighted by Crippen LogP contribution is 2.22. The second kappa shape index (κ2) is 3.63. The van der Waals surface area contributed by atoms with Crippen molar-refractivity contribution in [3.05, 3.63) is 17.5 Å². The van der Waals surface area contributed by atoms with Gasteiger partial charge in [-0.15, -0.1) is 23.1 Å². The lowest BCUT2D eigenvalue weighted by Crippen LogP contribution is -2.12. The first-order valence-electron chi connectivity index (χ1n) is 2.73. The Labute approximate surface area is 67.4 Å². The van der Waals surface area contributed by atoms with Crippen LogP contribution in [0.1, 0.15) is 0 Å². The predicted molar refractivity (Wildman–Crippen MR) is 44.2 cm³/mol. The zero-order valence-corrected chi connectivity index (χ0v) is 6.87. The summed E-state index contributed by atoms with van der Waals surface area (Å²) in [5.41, 5.74) is 4.95. The van der Waals surface area contributed by atoms with Gasteiger partial charge < -0.3 is 5.73 Å². The van der Waals surface area contributed by atoms with Crippen LogP contribution >= 0.6 is 23.1 Å². The molecule has 2 nitrogen and oxygen atoms in total. The molecule has 0 saturated heterocycles. The SMILES string of the molecule is NC(=O)CSc1cccs1. The number of carbonyl (C=O) groups excluding carboxylic acids is 1. The van der Waals surface area contributed by atoms with E-state index in [0.29, 0.717) is 5.75 Å². The first-order valence-corrected chi connectivity index (χ1v) is 4.60. The molecule has 1 rings (SSSR count). The summed E-state index contributed by atoms with van der Waals surface area (Å²) in [5.74, 6) is 0.110. The Hall–Kier alpha value is -0.480. The zero-order valence-electron chi connectivity index (χ0n) is 5.24. The number of nitrogens with two attached hydrogens (primary N) is 1. The van der Waals surface area contributed by atoms with Crippen molar-refractivity contribution < 1.29 is 4.79 Å². The van der Waals surface area contributed by atoms with Gasteiger partial charge in [-0.05, 0) is 11.4 Å². The topological polar surface area (TPSA) is 43.1 Å². The molecule has 0 atom stereocenters. The molecule has 0 aromatic carbocycles. The van der Waals surface area contributed by atoms with Crippen molar-refractivity contribution in [1.29, 1.82) is 0 Å². The number of thiophene rings is 1. The van der Waals surface area contributed by atoms with Crippen molar-refractivity contribution >= 4 is 29.0 Å². The second-order valence-corrected chi connectivity index (χ2v) is 3.91. The minimum atomic E-state index is -0.265. The zero-order chi connectivity index (χ0) is 7.40. The molecule has 0 bridgehead atoms. The van der Waals surface area contributed by atoms with E-state index in [4.69, 9.17) is 5.73 Å². The molecule has 0 aliphatic rings. The van der Waals surface area contributed by atoms with Crippen LogP contribution in [0.15, 0.2) is 21.7 Å². The van der Waals surface area contributed by atoms with Crippen molar-refractivity contribution in [3.63, 3.8) is 0 Å². The number of hydrogen-bond acceptors (Lipinski definition) is 3. The van der Waals surface area contributed by atoms with Gasteiger partial charge in [-0.3, -0.25) is 4.79 Å². The molecule has 0 radical (unpaired) electrons. The molecule has 1 amide bonds. The van der Waals surface area contributed by atoms with E-state index in [2.05, 4.69) is 0 Å². The number of rotatable bonds is 3. The highest BCUT2D eigenvalue weighted by molar-refractivity contribution is 8.01. The molecule has 10 heavy (non-hydrogen) atoms. The van der Waals surface area contributed by atoms with Crippen LogP contribution in [0, 0.1) is 0 Å². The Bertz CT molecular complexity index is 208. The van der Waals surface area contributed by atoms with E-state index in [-0.39, 0.29) is 5.91 Å². The van der Waals surface area contributed by atoms with E-state index in [1.807, 2.05) is 17.5 Å². The van der Waals surface area contributed by atoms with E-state index >= 15 is 0 Å². The lowest BCUT2D eigenvalue weighted by Gasteiger charge is -1.90. The molecular formula is C6H7NOS2. The van der Waals surface area contributed by atoms with E-state index < -0.39 is 0 Å². The molecule has 54 valence electrons. The van der Waals surface area contributed by atoms with Gasteiger partial charge in [0, 0.05) is 0 Å². The molecule has 1 aromatic heterocycles. The Morgan fingerprint density at radius 2 is 2.60 bits per heavy atom. The fraction of sp³-hybridized carbons (Fsp3) is 0.167. The molecule has 1 heterocycles. The number of primary amides is 1. The van der Waals surface area contributed by atoms with E-state index in [9.17, 15) is 4.79 Å². The molecule has 0 fully saturated rings. The Balaban J connectivity index is 2.35. The summed E-state index contributed by atoms with van der Waals surface area (Å²) in [6.07, 6.45) is 0. The third kappa shape index (κ3) is 2.41. The van der Waals surface area contributed by atoms with Gasteiger partial charge in [0.25, 0.3) is 0 Å². The summed E-state index contributed by atoms with van der Waals surface area (Å²) in [5, 5.41) is 1.98. The van der Waals surface area contributed by atoms with Crippen LogP contribution in [0.25, 0.3) is 0 Å². The van der Waals surface area contributed by atoms with Crippen LogP contribution in [0.5, 0.6) is 0 Å². The van der Waals surface area contributed by atoms with Crippen LogP contribution in [-0.2, 0) is 4.79 Å². The first kappa shape index (κ1) is 7.63. The van der Waals surface area contributed by atoms with Crippen LogP contribution in [-0.4, -0.2) is 11.7 Å². The molecule has 0 aliphatic carbocycles. The smallest absolute Gasteiger partial charge is 0.227 e. The maximum Gasteiger partial charge on any atom is 0.227 e. The summed E-state index contributed by atoms with van der Waals surface area (Å²) in [6, 6.07) is 3.92. The van der Waals surface area contributed by atoms with Gasteiger partial charge in [0.1, 0.15) is 0 Å². The Morgan fingerprint density at radius 3 is 3.10 bits per heavy atom. The maximum absolute atomic E-state index is 10.3. The van der Waals surface area contributed by atoms with Crippen molar-refractivity contribution in [1.82, 2.24) is 0 Å². The van der Waals surface area contributed by atoms with E-state index in [1.165, 1.54) is 11.8 Å². The number of amides is 1. The average molecular weight is 173 g/mol. The van der Waals surface area contributed by atoms with Gasteiger partial charge in [0.15, 0.2) is 0 Å². The summed E-state index contributed by atoms with van der Waals surface area (Å²) < 4.78 is 1.14. The Morgan fingerprint density at radius 1 is 1.80 bits per heavy atom. The number of hydrogen-bond donors (Lipinski definition) is 1. The fourth-order valence-corrected chi connectivity index (χ4v) is 2.01. The lowest BCUT2D eigenvalue weighted by molar-refractivity contribution is -0.115. The molecular weight excluding hydrogens is 166 g/mol. The third-order valence-corrected chi connectivity index (χ3v) is 3.01. The van der Waals surface area contributed by atoms with Crippen molar-refractivity contribution in [2.24, 2.45) is 5.73 Å². The largest absolute Gasteiger partial charge is 0.369 e. The van der Waals surface area contributed by atoms with E-state index in [1.54, 1.807) is 11.3 Å². The minimum absolute atomic E-state index is 0.265. The van der Waals surface area contributed by atoms with Crippen LogP contribution < -0.4 is 5.73 Å². The monoisotopic (exact) mass is 173 g/mol. The molecule has 0 spiro atoms. The number of carbonyl (C=O) groups is 1. The third-order valence-electron chi connectivity index (χ3n) is 0.852. The number of thioether (sulfide) groups is 1. The van der Waals surface area contributed by atoms with E-state index in [0.717, 1.165) is 4.21 Å². The summed E-state index contributed by atoms with van der Waals surface area (Å²) >= 11 is 3.10. The molecule has 0 unspecified atom stereocenters. The van der Waals surface area contributed by atoms with Crippen LogP contribution in [0.2, 0.25) is 0 Å². The van der Waals surface area contributed by atoms with Crippen molar-refractivity contribution in [2.75, 3.05) is 5.75 Å². The second-order valence-electron chi connectivity index (χ2n) is 1.69. The van der Waals surface area contributed by atoms with Gasteiger partial charge in [0.2, 0.25) is 5.91 Å². The quantitative estimate of drug-likeness (QED) is 0.701. The molecule has 0 aliphatic heterocycles. The molecule has 2 N–H and O–H groups in total. The lowest BCUT2D eigenvalue weighted by atomic mass is 10.7. The van der Waals surface area contributed by atoms with Gasteiger partial charge in [-0.1, -0.05) is 6.07 Å². The first-order chi connectivity index (χ1) is 4.79. The Kier molecular flexibility index (Phi) is 2.77. The summed E-state index contributed by atoms with van der Waals surface area (Å²) in [4.78, 5) is 10.3. The van der Waals surface area contributed by atoms with Crippen LogP contribution in [0.4, 0.5) is 0 Å². The summed E-state index contributed by atoms with van der Waals surface area (Å²) in [6.45, 7) is 0. The van der Waals surface area contributed by atoms with Gasteiger partial charge in [-0.25, -0.2) is 0 Å². The molecule has 1 aromatic rings. The van der Waals surface area contributed by atoms with Crippen molar-refractivity contribution in [2.45, 2.75) is 4.21 Å². The fourth-order valence-electron chi connectivity index (χ4n) is 0.488. The highest BCUT2D eigenvalue weighted by Gasteiger charge is 1.96. The minimum Gasteiger partial charge on any atom is -0.369 e. The highest BCUT2D eigenvalue weighted by atomic mass is 32.2. The van der Waals surface area contributed by atoms with Gasteiger partial charge >= 0.3 is 0 Å². The van der Waals surface area contributed by atoms with Gasteiger partial charge in [0.05, 0.1) is 9.96 Å². The standard InChI is InChI=1S/C6H7NOS2/c7-5(8)4-10-6-2-1-3-9-6/h1-3H,4H2,(H2,7,8). The maximum atomic E-state index is 10.3. The van der Waals surface area contributed by atoms with Crippen molar-refractivity contribution in [3.8, 4) is 0 Å². The average Bonchev–Trinajstić information content (AvgIpc) is 2.34. The summed E-state index contributed by atoms with van der Waals surface area (Å²) in [7, 11) is 0. The van der Waals surface area contributed by atoms with Gasteiger partial charge in [-0.2, -0.15) is 0 Å². The molecule has 0 saturated carbocycles.